The summed E-state index contributed by atoms with van der Waals surface area (Å²) in [6.45, 7) is 0. The highest BCUT2D eigenvalue weighted by atomic mass is 79.9. The molecule has 2 N–H and O–H groups in total. The molecule has 0 atom stereocenters. The van der Waals surface area contributed by atoms with E-state index in [1.807, 2.05) is 5.38 Å². The zero-order valence-corrected chi connectivity index (χ0v) is 9.33. The van der Waals surface area contributed by atoms with Crippen LogP contribution in [0.4, 0.5) is 14.5 Å². The summed E-state index contributed by atoms with van der Waals surface area (Å²) in [5, 5.41) is 2.66. The fraction of sp³-hybridized carbons (Fsp3) is 0.111. The Hall–Kier alpha value is -0.680. The molecule has 5 heteroatoms. The van der Waals surface area contributed by atoms with Gasteiger partial charge in [0.25, 0.3) is 6.43 Å². The summed E-state index contributed by atoms with van der Waals surface area (Å²) in [5.74, 6) is 0. The van der Waals surface area contributed by atoms with Gasteiger partial charge in [0.2, 0.25) is 0 Å². The van der Waals surface area contributed by atoms with E-state index in [9.17, 15) is 8.78 Å². The maximum absolute atomic E-state index is 12.4. The average molecular weight is 278 g/mol. The molecule has 2 rings (SSSR count). The lowest BCUT2D eigenvalue weighted by Gasteiger charge is -2.03. The second kappa shape index (κ2) is 3.47. The van der Waals surface area contributed by atoms with Crippen molar-refractivity contribution in [2.24, 2.45) is 0 Å². The van der Waals surface area contributed by atoms with Gasteiger partial charge in [-0.1, -0.05) is 0 Å². The van der Waals surface area contributed by atoms with E-state index in [1.54, 1.807) is 0 Å². The Morgan fingerprint density at radius 2 is 2.07 bits per heavy atom. The Kier molecular flexibility index (Phi) is 2.45. The summed E-state index contributed by atoms with van der Waals surface area (Å²) >= 11 is 4.72. The maximum Gasteiger partial charge on any atom is 0.263 e. The van der Waals surface area contributed by atoms with Crippen LogP contribution in [0.5, 0.6) is 0 Å². The first-order valence-corrected chi connectivity index (χ1v) is 5.51. The Morgan fingerprint density at radius 3 is 2.71 bits per heavy atom. The monoisotopic (exact) mass is 277 g/mol. The van der Waals surface area contributed by atoms with Gasteiger partial charge < -0.3 is 5.73 Å². The lowest BCUT2D eigenvalue weighted by Crippen LogP contribution is -1.90. The van der Waals surface area contributed by atoms with E-state index >= 15 is 0 Å². The molecule has 14 heavy (non-hydrogen) atoms. The molecular weight excluding hydrogens is 272 g/mol. The first kappa shape index (κ1) is 9.86. The number of rotatable bonds is 1. The molecule has 0 fully saturated rings. The summed E-state index contributed by atoms with van der Waals surface area (Å²) < 4.78 is 26.5. The quantitative estimate of drug-likeness (QED) is 0.778. The van der Waals surface area contributed by atoms with Crippen LogP contribution in [0.25, 0.3) is 10.1 Å². The zero-order valence-electron chi connectivity index (χ0n) is 6.93. The summed E-state index contributed by atoms with van der Waals surface area (Å²) in [6, 6.07) is 2.80. The maximum atomic E-state index is 12.4. The number of anilines is 1. The van der Waals surface area contributed by atoms with Crippen molar-refractivity contribution in [1.29, 1.82) is 0 Å². The molecule has 1 heterocycles. The SMILES string of the molecule is Nc1cc(C(F)F)cc2scc(Br)c12. The summed E-state index contributed by atoms with van der Waals surface area (Å²) in [6.07, 6.45) is -2.47. The average Bonchev–Trinajstić information content (AvgIpc) is 2.48. The number of alkyl halides is 2. The number of fused-ring (bicyclic) bond motifs is 1. The van der Waals surface area contributed by atoms with E-state index in [0.29, 0.717) is 5.69 Å². The number of thiophene rings is 1. The van der Waals surface area contributed by atoms with E-state index in [-0.39, 0.29) is 5.56 Å². The minimum atomic E-state index is -2.47. The smallest absolute Gasteiger partial charge is 0.263 e. The molecular formula is C9H6BrF2NS. The van der Waals surface area contributed by atoms with Crippen molar-refractivity contribution in [3.05, 3.63) is 27.5 Å². The van der Waals surface area contributed by atoms with Crippen LogP contribution < -0.4 is 5.73 Å². The van der Waals surface area contributed by atoms with Crippen molar-refractivity contribution in [2.45, 2.75) is 6.43 Å². The number of halogens is 3. The number of hydrogen-bond acceptors (Lipinski definition) is 2. The number of nitrogens with two attached hydrogens (primary N) is 1. The molecule has 0 saturated heterocycles. The fourth-order valence-electron chi connectivity index (χ4n) is 1.31. The van der Waals surface area contributed by atoms with Crippen LogP contribution in [0.3, 0.4) is 0 Å². The standard InChI is InChI=1S/C9H6BrF2NS/c10-5-3-14-7-2-4(9(11)12)1-6(13)8(5)7/h1-3,9H,13H2. The molecule has 0 saturated carbocycles. The lowest BCUT2D eigenvalue weighted by molar-refractivity contribution is 0.151. The Bertz CT molecular complexity index is 481. The van der Waals surface area contributed by atoms with Gasteiger partial charge >= 0.3 is 0 Å². The molecule has 0 bridgehead atoms. The Morgan fingerprint density at radius 1 is 1.36 bits per heavy atom. The highest BCUT2D eigenvalue weighted by molar-refractivity contribution is 9.10. The number of benzene rings is 1. The summed E-state index contributed by atoms with van der Waals surface area (Å²) in [4.78, 5) is 0. The van der Waals surface area contributed by atoms with Crippen molar-refractivity contribution in [2.75, 3.05) is 5.73 Å². The minimum absolute atomic E-state index is 0.0237. The molecule has 0 aliphatic carbocycles. The van der Waals surface area contributed by atoms with Gasteiger partial charge in [0, 0.05) is 31.2 Å². The molecule has 2 aromatic rings. The van der Waals surface area contributed by atoms with E-state index in [1.165, 1.54) is 23.5 Å². The van der Waals surface area contributed by atoms with Crippen LogP contribution >= 0.6 is 27.3 Å². The normalized spacial score (nSPS) is 11.4. The van der Waals surface area contributed by atoms with E-state index in [0.717, 1.165) is 14.6 Å². The third-order valence-electron chi connectivity index (χ3n) is 1.94. The van der Waals surface area contributed by atoms with Crippen LogP contribution in [0.2, 0.25) is 0 Å². The molecule has 0 spiro atoms. The van der Waals surface area contributed by atoms with Gasteiger partial charge in [0.05, 0.1) is 0 Å². The Labute approximate surface area is 91.7 Å². The largest absolute Gasteiger partial charge is 0.398 e. The van der Waals surface area contributed by atoms with Crippen LogP contribution in [0.1, 0.15) is 12.0 Å². The highest BCUT2D eigenvalue weighted by Gasteiger charge is 2.12. The predicted molar refractivity (Wildman–Crippen MR) is 58.9 cm³/mol. The Balaban J connectivity index is 2.74. The van der Waals surface area contributed by atoms with Gasteiger partial charge in [-0.15, -0.1) is 11.3 Å². The molecule has 1 nitrogen and oxygen atoms in total. The van der Waals surface area contributed by atoms with Crippen molar-refractivity contribution in [3.8, 4) is 0 Å². The van der Waals surface area contributed by atoms with Crippen molar-refractivity contribution in [3.63, 3.8) is 0 Å². The molecule has 0 radical (unpaired) electrons. The van der Waals surface area contributed by atoms with Gasteiger partial charge in [-0.3, -0.25) is 0 Å². The second-order valence-electron chi connectivity index (χ2n) is 2.87. The van der Waals surface area contributed by atoms with Crippen LogP contribution in [-0.4, -0.2) is 0 Å². The van der Waals surface area contributed by atoms with Gasteiger partial charge in [0.1, 0.15) is 0 Å². The van der Waals surface area contributed by atoms with Crippen LogP contribution in [0, 0.1) is 0 Å². The molecule has 0 aliphatic rings. The third kappa shape index (κ3) is 1.50. The van der Waals surface area contributed by atoms with Gasteiger partial charge in [-0.25, -0.2) is 8.78 Å². The van der Waals surface area contributed by atoms with Gasteiger partial charge in [-0.2, -0.15) is 0 Å². The van der Waals surface area contributed by atoms with E-state index in [2.05, 4.69) is 15.9 Å². The van der Waals surface area contributed by atoms with E-state index < -0.39 is 6.43 Å². The number of nitrogen functional groups attached to an aromatic ring is 1. The predicted octanol–water partition coefficient (Wildman–Crippen LogP) is 4.18. The fourth-order valence-corrected chi connectivity index (χ4v) is 3.06. The van der Waals surface area contributed by atoms with Crippen LogP contribution in [0.15, 0.2) is 22.0 Å². The zero-order chi connectivity index (χ0) is 10.3. The van der Waals surface area contributed by atoms with Gasteiger partial charge in [0.15, 0.2) is 0 Å². The molecule has 0 aliphatic heterocycles. The number of hydrogen-bond donors (Lipinski definition) is 1. The summed E-state index contributed by atoms with van der Waals surface area (Å²) in [7, 11) is 0. The van der Waals surface area contributed by atoms with Crippen molar-refractivity contribution in [1.82, 2.24) is 0 Å². The highest BCUT2D eigenvalue weighted by Crippen LogP contribution is 2.37. The lowest BCUT2D eigenvalue weighted by atomic mass is 10.1. The van der Waals surface area contributed by atoms with Crippen molar-refractivity contribution >= 4 is 43.0 Å². The first-order valence-electron chi connectivity index (χ1n) is 3.84. The van der Waals surface area contributed by atoms with E-state index in [4.69, 9.17) is 5.73 Å². The third-order valence-corrected chi connectivity index (χ3v) is 3.79. The summed E-state index contributed by atoms with van der Waals surface area (Å²) in [5.41, 5.74) is 6.05. The topological polar surface area (TPSA) is 26.0 Å². The molecule has 74 valence electrons. The van der Waals surface area contributed by atoms with Gasteiger partial charge in [-0.05, 0) is 28.1 Å². The molecule has 0 unspecified atom stereocenters. The minimum Gasteiger partial charge on any atom is -0.398 e. The van der Waals surface area contributed by atoms with Crippen molar-refractivity contribution < 1.29 is 8.78 Å². The molecule has 0 amide bonds. The molecule has 1 aromatic carbocycles. The molecule has 1 aromatic heterocycles. The first-order chi connectivity index (χ1) is 6.59. The second-order valence-corrected chi connectivity index (χ2v) is 4.63. The van der Waals surface area contributed by atoms with Crippen LogP contribution in [-0.2, 0) is 0 Å².